The van der Waals surface area contributed by atoms with Crippen LogP contribution in [0.1, 0.15) is 24.6 Å². The zero-order valence-corrected chi connectivity index (χ0v) is 12.5. The summed E-state index contributed by atoms with van der Waals surface area (Å²) in [5.41, 5.74) is 6.38. The molecule has 22 heavy (non-hydrogen) atoms. The van der Waals surface area contributed by atoms with Crippen molar-refractivity contribution in [1.82, 2.24) is 10.1 Å². The largest absolute Gasteiger partial charge is 0.489 e. The Morgan fingerprint density at radius 2 is 2.32 bits per heavy atom. The van der Waals surface area contributed by atoms with Crippen molar-refractivity contribution in [2.75, 3.05) is 13.2 Å². The summed E-state index contributed by atoms with van der Waals surface area (Å²) in [7, 11) is 0. The molecule has 2 aromatic rings. The molecule has 3 rings (SSSR count). The van der Waals surface area contributed by atoms with Gasteiger partial charge in [0, 0.05) is 18.0 Å². The summed E-state index contributed by atoms with van der Waals surface area (Å²) < 4.78 is 23.1. The summed E-state index contributed by atoms with van der Waals surface area (Å²) in [6.07, 6.45) is 2.66. The van der Waals surface area contributed by atoms with Crippen LogP contribution >= 0.6 is 11.6 Å². The van der Waals surface area contributed by atoms with E-state index in [1.807, 2.05) is 0 Å². The topological polar surface area (TPSA) is 74.2 Å². The predicted octanol–water partition coefficient (Wildman–Crippen LogP) is 3.46. The molecule has 0 unspecified atom stereocenters. The molecule has 2 N–H and O–H groups in total. The monoisotopic (exact) mass is 323 g/mol. The minimum atomic E-state index is 0.0784. The lowest BCUT2D eigenvalue weighted by Crippen LogP contribution is -2.10. The summed E-state index contributed by atoms with van der Waals surface area (Å²) in [6.45, 7) is 0.184. The van der Waals surface area contributed by atoms with Crippen molar-refractivity contribution in [3.05, 3.63) is 40.9 Å². The molecule has 0 amide bonds. The van der Waals surface area contributed by atoms with Gasteiger partial charge in [-0.15, -0.1) is 0 Å². The van der Waals surface area contributed by atoms with Gasteiger partial charge in [0.15, 0.2) is 5.82 Å². The number of rotatable bonds is 6. The lowest BCUT2D eigenvalue weighted by molar-refractivity contribution is 0.347. The zero-order valence-electron chi connectivity index (χ0n) is 11.8. The summed E-state index contributed by atoms with van der Waals surface area (Å²) in [5, 5.41) is 4.39. The molecule has 0 radical (unpaired) electrons. The number of ether oxygens (including phenoxy) is 1. The molecule has 1 saturated carbocycles. The Kier molecular flexibility index (Phi) is 4.40. The third-order valence-electron chi connectivity index (χ3n) is 3.40. The normalized spacial score (nSPS) is 15.1. The highest BCUT2D eigenvalue weighted by atomic mass is 35.5. The van der Waals surface area contributed by atoms with Crippen LogP contribution in [0.25, 0.3) is 11.5 Å². The average Bonchev–Trinajstić information content (AvgIpc) is 3.27. The van der Waals surface area contributed by atoms with Crippen molar-refractivity contribution in [1.29, 1.82) is 0 Å². The Labute approximate surface area is 131 Å². The SMILES string of the molecule is NC/C(=C\F)COc1ccc(-c2nc(C3CC3)no2)c(Cl)c1. The number of nitrogens with zero attached hydrogens (tertiary/aromatic N) is 2. The van der Waals surface area contributed by atoms with Crippen LogP contribution in [0.15, 0.2) is 34.6 Å². The number of halogens is 2. The van der Waals surface area contributed by atoms with Gasteiger partial charge in [-0.3, -0.25) is 0 Å². The summed E-state index contributed by atoms with van der Waals surface area (Å²) in [6, 6.07) is 5.09. The number of nitrogens with two attached hydrogens (primary N) is 1. The van der Waals surface area contributed by atoms with Gasteiger partial charge in [-0.05, 0) is 31.0 Å². The highest BCUT2D eigenvalue weighted by molar-refractivity contribution is 6.33. The summed E-state index contributed by atoms with van der Waals surface area (Å²) >= 11 is 6.23. The third-order valence-corrected chi connectivity index (χ3v) is 3.71. The fourth-order valence-electron chi connectivity index (χ4n) is 1.92. The standard InChI is InChI=1S/C15H15ClFN3O2/c16-13-5-11(21-8-9(6-17)7-18)3-4-12(13)15-19-14(20-22-15)10-1-2-10/h3-6,10H,1-2,7-8,18H2/b9-6+. The maximum atomic E-state index is 12.4. The fourth-order valence-corrected chi connectivity index (χ4v) is 2.17. The molecular weight excluding hydrogens is 309 g/mol. The maximum absolute atomic E-state index is 12.4. The second kappa shape index (κ2) is 6.46. The molecule has 0 saturated heterocycles. The molecule has 0 bridgehead atoms. The van der Waals surface area contributed by atoms with E-state index in [1.54, 1.807) is 18.2 Å². The second-order valence-electron chi connectivity index (χ2n) is 5.13. The average molecular weight is 324 g/mol. The second-order valence-corrected chi connectivity index (χ2v) is 5.54. The van der Waals surface area contributed by atoms with Gasteiger partial charge in [-0.2, -0.15) is 4.98 Å². The Balaban J connectivity index is 1.73. The first-order chi connectivity index (χ1) is 10.7. The van der Waals surface area contributed by atoms with Gasteiger partial charge >= 0.3 is 0 Å². The van der Waals surface area contributed by atoms with E-state index >= 15 is 0 Å². The Morgan fingerprint density at radius 3 is 2.95 bits per heavy atom. The molecule has 0 atom stereocenters. The first kappa shape index (κ1) is 15.0. The number of hydrogen-bond acceptors (Lipinski definition) is 5. The van der Waals surface area contributed by atoms with E-state index in [-0.39, 0.29) is 13.2 Å². The first-order valence-electron chi connectivity index (χ1n) is 6.95. The van der Waals surface area contributed by atoms with Crippen LogP contribution in [0.5, 0.6) is 5.75 Å². The van der Waals surface area contributed by atoms with Gasteiger partial charge in [0.25, 0.3) is 5.89 Å². The maximum Gasteiger partial charge on any atom is 0.259 e. The van der Waals surface area contributed by atoms with Crippen LogP contribution in [-0.2, 0) is 0 Å². The quantitative estimate of drug-likeness (QED) is 0.881. The van der Waals surface area contributed by atoms with Gasteiger partial charge in [-0.1, -0.05) is 16.8 Å². The highest BCUT2D eigenvalue weighted by Crippen LogP contribution is 2.39. The molecular formula is C15H15ClFN3O2. The third kappa shape index (κ3) is 3.28. The van der Waals surface area contributed by atoms with Gasteiger partial charge < -0.3 is 15.0 Å². The molecule has 0 spiro atoms. The van der Waals surface area contributed by atoms with Crippen LogP contribution in [-0.4, -0.2) is 23.3 Å². The van der Waals surface area contributed by atoms with E-state index < -0.39 is 0 Å². The number of aromatic nitrogens is 2. The molecule has 116 valence electrons. The predicted molar refractivity (Wildman–Crippen MR) is 80.5 cm³/mol. The van der Waals surface area contributed by atoms with Crippen LogP contribution in [0, 0.1) is 0 Å². The van der Waals surface area contributed by atoms with Crippen molar-refractivity contribution in [2.45, 2.75) is 18.8 Å². The Morgan fingerprint density at radius 1 is 1.50 bits per heavy atom. The molecule has 1 aromatic heterocycles. The van der Waals surface area contributed by atoms with Gasteiger partial charge in [0.05, 0.1) is 16.9 Å². The van der Waals surface area contributed by atoms with Crippen LogP contribution in [0.4, 0.5) is 4.39 Å². The van der Waals surface area contributed by atoms with Crippen LogP contribution in [0.2, 0.25) is 5.02 Å². The molecule has 5 nitrogen and oxygen atoms in total. The van der Waals surface area contributed by atoms with E-state index in [4.69, 9.17) is 26.6 Å². The lowest BCUT2D eigenvalue weighted by atomic mass is 10.2. The summed E-state index contributed by atoms with van der Waals surface area (Å²) in [5.74, 6) is 2.06. The first-order valence-corrected chi connectivity index (χ1v) is 7.33. The van der Waals surface area contributed by atoms with Crippen molar-refractivity contribution in [2.24, 2.45) is 5.73 Å². The highest BCUT2D eigenvalue weighted by Gasteiger charge is 2.29. The van der Waals surface area contributed by atoms with E-state index in [0.717, 1.165) is 18.7 Å². The molecule has 1 fully saturated rings. The minimum absolute atomic E-state index is 0.0784. The van der Waals surface area contributed by atoms with Crippen LogP contribution < -0.4 is 10.5 Å². The van der Waals surface area contributed by atoms with Crippen molar-refractivity contribution in [3.63, 3.8) is 0 Å². The molecule has 1 heterocycles. The van der Waals surface area contributed by atoms with E-state index in [9.17, 15) is 4.39 Å². The van der Waals surface area contributed by atoms with Gasteiger partial charge in [0.1, 0.15) is 12.4 Å². The van der Waals surface area contributed by atoms with Crippen LogP contribution in [0.3, 0.4) is 0 Å². The molecule has 0 aliphatic heterocycles. The number of benzene rings is 1. The summed E-state index contributed by atoms with van der Waals surface area (Å²) in [4.78, 5) is 4.36. The van der Waals surface area contributed by atoms with Crippen molar-refractivity contribution in [3.8, 4) is 17.2 Å². The van der Waals surface area contributed by atoms with Gasteiger partial charge in [0.2, 0.25) is 0 Å². The Bertz CT molecular complexity index is 698. The molecule has 7 heteroatoms. The van der Waals surface area contributed by atoms with Crippen molar-refractivity contribution < 1.29 is 13.7 Å². The van der Waals surface area contributed by atoms with E-state index in [1.165, 1.54) is 0 Å². The Hall–Kier alpha value is -1.92. The van der Waals surface area contributed by atoms with Crippen molar-refractivity contribution >= 4 is 11.6 Å². The smallest absolute Gasteiger partial charge is 0.259 e. The minimum Gasteiger partial charge on any atom is -0.489 e. The lowest BCUT2D eigenvalue weighted by Gasteiger charge is -2.08. The molecule has 1 aliphatic carbocycles. The molecule has 1 aromatic carbocycles. The van der Waals surface area contributed by atoms with Gasteiger partial charge in [-0.25, -0.2) is 4.39 Å². The van der Waals surface area contributed by atoms with E-state index in [2.05, 4.69) is 10.1 Å². The fraction of sp³-hybridized carbons (Fsp3) is 0.333. The van der Waals surface area contributed by atoms with E-state index in [0.29, 0.717) is 40.0 Å². The molecule has 1 aliphatic rings. The number of hydrogen-bond donors (Lipinski definition) is 1. The zero-order chi connectivity index (χ0) is 15.5.